The molecule has 4 heteroatoms. The fourth-order valence-corrected chi connectivity index (χ4v) is 2.06. The van der Waals surface area contributed by atoms with Gasteiger partial charge in [0.15, 0.2) is 0 Å². The van der Waals surface area contributed by atoms with Crippen LogP contribution in [-0.2, 0) is 5.54 Å². The number of nitrogens with zero attached hydrogens (tertiary/aromatic N) is 2. The Morgan fingerprint density at radius 1 is 1.37 bits per heavy atom. The summed E-state index contributed by atoms with van der Waals surface area (Å²) in [5.41, 5.74) is 8.39. The quantitative estimate of drug-likeness (QED) is 0.880. The molecular formula is C15H18N4. The molecule has 2 aromatic rings. The van der Waals surface area contributed by atoms with E-state index in [-0.39, 0.29) is 0 Å². The largest absolute Gasteiger partial charge is 0.340 e. The van der Waals surface area contributed by atoms with Gasteiger partial charge in [0.25, 0.3) is 0 Å². The average Bonchev–Trinajstić information content (AvgIpc) is 2.97. The lowest BCUT2D eigenvalue weighted by atomic mass is 9.93. The molecule has 0 amide bonds. The normalized spacial score (nSPS) is 11.3. The Kier molecular flexibility index (Phi) is 3.68. The van der Waals surface area contributed by atoms with Crippen LogP contribution in [0.2, 0.25) is 0 Å². The van der Waals surface area contributed by atoms with Crippen molar-refractivity contribution in [3.05, 3.63) is 41.9 Å². The van der Waals surface area contributed by atoms with Gasteiger partial charge in [-0.2, -0.15) is 5.26 Å². The van der Waals surface area contributed by atoms with Crippen molar-refractivity contribution in [1.82, 2.24) is 9.97 Å². The summed E-state index contributed by atoms with van der Waals surface area (Å²) in [5.74, 6) is 0.801. The van der Waals surface area contributed by atoms with E-state index < -0.39 is 5.54 Å². The zero-order valence-corrected chi connectivity index (χ0v) is 11.3. The van der Waals surface area contributed by atoms with Gasteiger partial charge >= 0.3 is 0 Å². The molecule has 0 fully saturated rings. The van der Waals surface area contributed by atoms with Gasteiger partial charge < -0.3 is 10.7 Å². The van der Waals surface area contributed by atoms with Crippen molar-refractivity contribution in [3.8, 4) is 17.3 Å². The molecule has 0 aliphatic heterocycles. The minimum Gasteiger partial charge on any atom is -0.340 e. The fourth-order valence-electron chi connectivity index (χ4n) is 2.06. The lowest BCUT2D eigenvalue weighted by Gasteiger charge is -2.23. The van der Waals surface area contributed by atoms with Crippen molar-refractivity contribution in [2.45, 2.75) is 32.2 Å². The van der Waals surface area contributed by atoms with E-state index in [0.717, 1.165) is 29.9 Å². The van der Waals surface area contributed by atoms with Crippen LogP contribution in [0, 0.1) is 11.3 Å². The molecule has 19 heavy (non-hydrogen) atoms. The minimum atomic E-state index is -0.412. The third kappa shape index (κ3) is 2.51. The predicted molar refractivity (Wildman–Crippen MR) is 75.2 cm³/mol. The number of H-pyrrole nitrogens is 1. The molecule has 1 heterocycles. The number of hydrogen-bond acceptors (Lipinski definition) is 3. The molecule has 0 atom stereocenters. The molecule has 0 bridgehead atoms. The molecule has 4 nitrogen and oxygen atoms in total. The second-order valence-corrected chi connectivity index (χ2v) is 4.70. The molecule has 98 valence electrons. The van der Waals surface area contributed by atoms with E-state index in [1.165, 1.54) is 0 Å². The monoisotopic (exact) mass is 254 g/mol. The zero-order chi connectivity index (χ0) is 13.9. The zero-order valence-electron chi connectivity index (χ0n) is 11.3. The SMILES string of the molecule is CCC(N)(CC)c1ncc(-c2cccc(C#N)c2)[nH]1. The summed E-state index contributed by atoms with van der Waals surface area (Å²) in [6.07, 6.45) is 3.43. The fraction of sp³-hybridized carbons (Fsp3) is 0.333. The molecule has 0 saturated carbocycles. The van der Waals surface area contributed by atoms with Crippen LogP contribution < -0.4 is 5.73 Å². The van der Waals surface area contributed by atoms with E-state index in [0.29, 0.717) is 5.56 Å². The smallest absolute Gasteiger partial charge is 0.126 e. The number of rotatable bonds is 4. The summed E-state index contributed by atoms with van der Waals surface area (Å²) in [6, 6.07) is 9.58. The molecule has 1 aromatic carbocycles. The second-order valence-electron chi connectivity index (χ2n) is 4.70. The van der Waals surface area contributed by atoms with Crippen molar-refractivity contribution in [2.75, 3.05) is 0 Å². The molecule has 0 radical (unpaired) electrons. The highest BCUT2D eigenvalue weighted by Gasteiger charge is 2.26. The number of aromatic nitrogens is 2. The van der Waals surface area contributed by atoms with E-state index in [1.54, 1.807) is 12.3 Å². The molecular weight excluding hydrogens is 236 g/mol. The van der Waals surface area contributed by atoms with E-state index in [9.17, 15) is 0 Å². The highest BCUT2D eigenvalue weighted by Crippen LogP contribution is 2.26. The summed E-state index contributed by atoms with van der Waals surface area (Å²) in [4.78, 5) is 7.68. The highest BCUT2D eigenvalue weighted by molar-refractivity contribution is 5.61. The average molecular weight is 254 g/mol. The first-order valence-corrected chi connectivity index (χ1v) is 6.48. The van der Waals surface area contributed by atoms with Crippen molar-refractivity contribution in [1.29, 1.82) is 5.26 Å². The maximum atomic E-state index is 8.92. The van der Waals surface area contributed by atoms with Crippen LogP contribution in [0.1, 0.15) is 38.1 Å². The van der Waals surface area contributed by atoms with Gasteiger partial charge in [0.05, 0.1) is 29.1 Å². The second kappa shape index (κ2) is 5.25. The topological polar surface area (TPSA) is 78.5 Å². The molecule has 3 N–H and O–H groups in total. The maximum Gasteiger partial charge on any atom is 0.126 e. The molecule has 0 saturated heterocycles. The van der Waals surface area contributed by atoms with E-state index >= 15 is 0 Å². The number of imidazole rings is 1. The summed E-state index contributed by atoms with van der Waals surface area (Å²) in [6.45, 7) is 4.12. The van der Waals surface area contributed by atoms with Crippen LogP contribution in [-0.4, -0.2) is 9.97 Å². The molecule has 0 aliphatic carbocycles. The van der Waals surface area contributed by atoms with Crippen LogP contribution in [0.5, 0.6) is 0 Å². The third-order valence-corrected chi connectivity index (χ3v) is 3.61. The predicted octanol–water partition coefficient (Wildman–Crippen LogP) is 2.92. The van der Waals surface area contributed by atoms with Crippen LogP contribution in [0.4, 0.5) is 0 Å². The van der Waals surface area contributed by atoms with Crippen molar-refractivity contribution >= 4 is 0 Å². The van der Waals surface area contributed by atoms with Gasteiger partial charge in [-0.1, -0.05) is 26.0 Å². The van der Waals surface area contributed by atoms with Gasteiger partial charge in [0.1, 0.15) is 5.82 Å². The number of hydrogen-bond donors (Lipinski definition) is 2. The summed E-state index contributed by atoms with van der Waals surface area (Å²) >= 11 is 0. The Labute approximate surface area is 113 Å². The molecule has 2 rings (SSSR count). The van der Waals surface area contributed by atoms with Crippen molar-refractivity contribution in [3.63, 3.8) is 0 Å². The summed E-state index contributed by atoms with van der Waals surface area (Å²) in [5, 5.41) is 8.92. The Morgan fingerprint density at radius 2 is 2.11 bits per heavy atom. The van der Waals surface area contributed by atoms with Crippen LogP contribution in [0.3, 0.4) is 0 Å². The summed E-state index contributed by atoms with van der Waals surface area (Å²) < 4.78 is 0. The molecule has 1 aromatic heterocycles. The lowest BCUT2D eigenvalue weighted by Crippen LogP contribution is -2.36. The number of nitrogens with two attached hydrogens (primary N) is 1. The number of nitriles is 1. The maximum absolute atomic E-state index is 8.92. The van der Waals surface area contributed by atoms with E-state index in [2.05, 4.69) is 29.9 Å². The van der Waals surface area contributed by atoms with Gasteiger partial charge in [0.2, 0.25) is 0 Å². The van der Waals surface area contributed by atoms with Crippen LogP contribution in [0.15, 0.2) is 30.5 Å². The number of benzene rings is 1. The third-order valence-electron chi connectivity index (χ3n) is 3.61. The van der Waals surface area contributed by atoms with Crippen LogP contribution in [0.25, 0.3) is 11.3 Å². The number of nitrogens with one attached hydrogen (secondary N) is 1. The standard InChI is InChI=1S/C15H18N4/c1-3-15(17,4-2)14-18-10-13(19-14)12-7-5-6-11(8-12)9-16/h5-8,10H,3-4,17H2,1-2H3,(H,18,19). The van der Waals surface area contributed by atoms with Crippen molar-refractivity contribution < 1.29 is 0 Å². The van der Waals surface area contributed by atoms with Crippen molar-refractivity contribution in [2.24, 2.45) is 5.73 Å². The lowest BCUT2D eigenvalue weighted by molar-refractivity contribution is 0.391. The molecule has 0 unspecified atom stereocenters. The molecule has 0 aliphatic rings. The summed E-state index contributed by atoms with van der Waals surface area (Å²) in [7, 11) is 0. The Hall–Kier alpha value is -2.12. The van der Waals surface area contributed by atoms with Gasteiger partial charge in [0, 0.05) is 5.56 Å². The number of aromatic amines is 1. The first kappa shape index (κ1) is 13.3. The first-order chi connectivity index (χ1) is 9.12. The van der Waals surface area contributed by atoms with Gasteiger partial charge in [-0.3, -0.25) is 0 Å². The Morgan fingerprint density at radius 3 is 2.74 bits per heavy atom. The first-order valence-electron chi connectivity index (χ1n) is 6.48. The van der Waals surface area contributed by atoms with Gasteiger partial charge in [-0.05, 0) is 25.0 Å². The van der Waals surface area contributed by atoms with Gasteiger partial charge in [-0.15, -0.1) is 0 Å². The van der Waals surface area contributed by atoms with Gasteiger partial charge in [-0.25, -0.2) is 4.98 Å². The highest BCUT2D eigenvalue weighted by atomic mass is 15.0. The Bertz CT molecular complexity index is 603. The minimum absolute atomic E-state index is 0.412. The van der Waals surface area contributed by atoms with E-state index in [4.69, 9.17) is 11.0 Å². The van der Waals surface area contributed by atoms with Crippen LogP contribution >= 0.6 is 0 Å². The Balaban J connectivity index is 2.38. The molecule has 0 spiro atoms. The van der Waals surface area contributed by atoms with E-state index in [1.807, 2.05) is 18.2 Å².